The molecular formula is C10H17N3O3. The third-order valence-corrected chi connectivity index (χ3v) is 3.44. The molecule has 2 heterocycles. The van der Waals surface area contributed by atoms with Gasteiger partial charge in [-0.05, 0) is 12.8 Å². The molecule has 3 unspecified atom stereocenters. The molecule has 2 rings (SSSR count). The van der Waals surface area contributed by atoms with Crippen molar-refractivity contribution in [3.63, 3.8) is 0 Å². The lowest BCUT2D eigenvalue weighted by Crippen LogP contribution is -2.46. The summed E-state index contributed by atoms with van der Waals surface area (Å²) in [5.41, 5.74) is 10.6. The first-order valence-electron chi connectivity index (χ1n) is 5.51. The molecule has 6 heteroatoms. The first kappa shape index (κ1) is 11.3. The Morgan fingerprint density at radius 1 is 1.25 bits per heavy atom. The SMILES string of the molecule is NC(=O)C1CC(C(N)=O)N(C2CCOC2)C1. The maximum absolute atomic E-state index is 11.3. The Hall–Kier alpha value is -1.14. The summed E-state index contributed by atoms with van der Waals surface area (Å²) in [6.07, 6.45) is 1.33. The third kappa shape index (κ3) is 2.03. The van der Waals surface area contributed by atoms with Gasteiger partial charge in [-0.15, -0.1) is 0 Å². The maximum Gasteiger partial charge on any atom is 0.234 e. The second-order valence-electron chi connectivity index (χ2n) is 4.47. The van der Waals surface area contributed by atoms with Crippen LogP contribution in [0.2, 0.25) is 0 Å². The van der Waals surface area contributed by atoms with Gasteiger partial charge >= 0.3 is 0 Å². The van der Waals surface area contributed by atoms with Gasteiger partial charge in [0.25, 0.3) is 0 Å². The summed E-state index contributed by atoms with van der Waals surface area (Å²) in [5.74, 6) is -0.999. The van der Waals surface area contributed by atoms with Crippen LogP contribution < -0.4 is 11.5 Å². The van der Waals surface area contributed by atoms with Gasteiger partial charge in [-0.25, -0.2) is 0 Å². The average molecular weight is 227 g/mol. The minimum atomic E-state index is -0.379. The van der Waals surface area contributed by atoms with E-state index in [4.69, 9.17) is 16.2 Å². The maximum atomic E-state index is 11.3. The Morgan fingerprint density at radius 3 is 2.50 bits per heavy atom. The zero-order valence-electron chi connectivity index (χ0n) is 9.09. The summed E-state index contributed by atoms with van der Waals surface area (Å²) in [6, 6.07) is -0.175. The number of nitrogens with two attached hydrogens (primary N) is 2. The van der Waals surface area contributed by atoms with Gasteiger partial charge in [-0.2, -0.15) is 0 Å². The predicted octanol–water partition coefficient (Wildman–Crippen LogP) is -1.56. The van der Waals surface area contributed by atoms with Crippen LogP contribution in [0.25, 0.3) is 0 Å². The summed E-state index contributed by atoms with van der Waals surface area (Å²) in [4.78, 5) is 24.4. The molecule has 2 aliphatic rings. The van der Waals surface area contributed by atoms with Crippen LogP contribution >= 0.6 is 0 Å². The minimum Gasteiger partial charge on any atom is -0.380 e. The summed E-state index contributed by atoms with van der Waals surface area (Å²) >= 11 is 0. The van der Waals surface area contributed by atoms with Gasteiger partial charge in [0.2, 0.25) is 11.8 Å². The molecule has 0 aromatic rings. The zero-order chi connectivity index (χ0) is 11.7. The van der Waals surface area contributed by atoms with Crippen molar-refractivity contribution in [3.05, 3.63) is 0 Å². The highest BCUT2D eigenvalue weighted by molar-refractivity contribution is 5.83. The number of primary amides is 2. The van der Waals surface area contributed by atoms with E-state index in [-0.39, 0.29) is 29.8 Å². The van der Waals surface area contributed by atoms with Crippen molar-refractivity contribution in [3.8, 4) is 0 Å². The lowest BCUT2D eigenvalue weighted by molar-refractivity contribution is -0.123. The molecule has 0 radical (unpaired) electrons. The molecule has 4 N–H and O–H groups in total. The standard InChI is InChI=1S/C10H17N3O3/c11-9(14)6-3-8(10(12)15)13(4-6)7-1-2-16-5-7/h6-8H,1-5H2,(H2,11,14)(H2,12,15). The lowest BCUT2D eigenvalue weighted by Gasteiger charge is -2.27. The smallest absolute Gasteiger partial charge is 0.234 e. The summed E-state index contributed by atoms with van der Waals surface area (Å²) in [5, 5.41) is 0. The van der Waals surface area contributed by atoms with Crippen LogP contribution in [0.3, 0.4) is 0 Å². The molecule has 3 atom stereocenters. The zero-order valence-corrected chi connectivity index (χ0v) is 9.09. The molecule has 0 aromatic carbocycles. The molecule has 0 spiro atoms. The molecule has 6 nitrogen and oxygen atoms in total. The molecule has 0 aromatic heterocycles. The second-order valence-corrected chi connectivity index (χ2v) is 4.47. The van der Waals surface area contributed by atoms with Gasteiger partial charge in [0.15, 0.2) is 0 Å². The Bertz CT molecular complexity index is 302. The molecule has 2 aliphatic heterocycles. The third-order valence-electron chi connectivity index (χ3n) is 3.44. The molecule has 16 heavy (non-hydrogen) atoms. The Labute approximate surface area is 93.9 Å². The van der Waals surface area contributed by atoms with E-state index in [1.807, 2.05) is 4.90 Å². The van der Waals surface area contributed by atoms with Crippen LogP contribution in [0.15, 0.2) is 0 Å². The van der Waals surface area contributed by atoms with Crippen LogP contribution in [-0.2, 0) is 14.3 Å². The van der Waals surface area contributed by atoms with E-state index >= 15 is 0 Å². The minimum absolute atomic E-state index is 0.196. The number of carbonyl (C=O) groups is 2. The van der Waals surface area contributed by atoms with Gasteiger partial charge in [0.05, 0.1) is 18.6 Å². The van der Waals surface area contributed by atoms with Crippen molar-refractivity contribution in [2.24, 2.45) is 17.4 Å². The van der Waals surface area contributed by atoms with Crippen molar-refractivity contribution in [2.75, 3.05) is 19.8 Å². The highest BCUT2D eigenvalue weighted by Crippen LogP contribution is 2.28. The molecular weight excluding hydrogens is 210 g/mol. The van der Waals surface area contributed by atoms with E-state index in [9.17, 15) is 9.59 Å². The fraction of sp³-hybridized carbons (Fsp3) is 0.800. The van der Waals surface area contributed by atoms with E-state index in [0.717, 1.165) is 6.42 Å². The number of amides is 2. The fourth-order valence-corrected chi connectivity index (χ4v) is 2.53. The lowest BCUT2D eigenvalue weighted by atomic mass is 10.1. The quantitative estimate of drug-likeness (QED) is 0.609. The monoisotopic (exact) mass is 227 g/mol. The number of hydrogen-bond acceptors (Lipinski definition) is 4. The number of ether oxygens (including phenoxy) is 1. The van der Waals surface area contributed by atoms with Gasteiger partial charge in [-0.1, -0.05) is 0 Å². The highest BCUT2D eigenvalue weighted by atomic mass is 16.5. The van der Waals surface area contributed by atoms with Crippen molar-refractivity contribution in [2.45, 2.75) is 24.9 Å². The van der Waals surface area contributed by atoms with Crippen LogP contribution in [-0.4, -0.2) is 48.6 Å². The number of nitrogens with zero attached hydrogens (tertiary/aromatic N) is 1. The van der Waals surface area contributed by atoms with E-state index in [2.05, 4.69) is 0 Å². The van der Waals surface area contributed by atoms with Crippen LogP contribution in [0.4, 0.5) is 0 Å². The van der Waals surface area contributed by atoms with Gasteiger partial charge in [0.1, 0.15) is 0 Å². The van der Waals surface area contributed by atoms with E-state index in [1.165, 1.54) is 0 Å². The highest BCUT2D eigenvalue weighted by Gasteiger charge is 2.42. The Balaban J connectivity index is 2.08. The summed E-state index contributed by atoms with van der Waals surface area (Å²) < 4.78 is 5.28. The van der Waals surface area contributed by atoms with E-state index in [1.54, 1.807) is 0 Å². The molecule has 2 saturated heterocycles. The van der Waals surface area contributed by atoms with Crippen molar-refractivity contribution in [1.29, 1.82) is 0 Å². The summed E-state index contributed by atoms with van der Waals surface area (Å²) in [7, 11) is 0. The Morgan fingerprint density at radius 2 is 2.00 bits per heavy atom. The van der Waals surface area contributed by atoms with E-state index < -0.39 is 0 Å². The topological polar surface area (TPSA) is 98.7 Å². The first-order valence-corrected chi connectivity index (χ1v) is 5.51. The molecule has 0 aliphatic carbocycles. The van der Waals surface area contributed by atoms with Gasteiger partial charge in [0, 0.05) is 19.2 Å². The molecule has 0 bridgehead atoms. The first-order chi connectivity index (χ1) is 7.59. The van der Waals surface area contributed by atoms with Crippen LogP contribution in [0.5, 0.6) is 0 Å². The predicted molar refractivity (Wildman–Crippen MR) is 56.2 cm³/mol. The summed E-state index contributed by atoms with van der Waals surface area (Å²) in [6.45, 7) is 1.83. The van der Waals surface area contributed by atoms with Crippen molar-refractivity contribution < 1.29 is 14.3 Å². The van der Waals surface area contributed by atoms with Crippen molar-refractivity contribution in [1.82, 2.24) is 4.90 Å². The average Bonchev–Trinajstić information content (AvgIpc) is 2.86. The van der Waals surface area contributed by atoms with E-state index in [0.29, 0.717) is 26.2 Å². The number of carbonyl (C=O) groups excluding carboxylic acids is 2. The molecule has 0 saturated carbocycles. The number of likely N-dealkylation sites (tertiary alicyclic amines) is 1. The number of hydrogen-bond donors (Lipinski definition) is 2. The van der Waals surface area contributed by atoms with Crippen LogP contribution in [0, 0.1) is 5.92 Å². The van der Waals surface area contributed by atoms with Gasteiger partial charge < -0.3 is 16.2 Å². The molecule has 2 amide bonds. The van der Waals surface area contributed by atoms with Crippen molar-refractivity contribution >= 4 is 11.8 Å². The molecule has 90 valence electrons. The second kappa shape index (κ2) is 4.39. The number of rotatable bonds is 3. The largest absolute Gasteiger partial charge is 0.380 e. The molecule has 2 fully saturated rings. The van der Waals surface area contributed by atoms with Gasteiger partial charge in [-0.3, -0.25) is 14.5 Å². The Kier molecular flexibility index (Phi) is 3.11. The van der Waals surface area contributed by atoms with Crippen LogP contribution in [0.1, 0.15) is 12.8 Å². The fourth-order valence-electron chi connectivity index (χ4n) is 2.53. The normalized spacial score (nSPS) is 35.4.